The van der Waals surface area contributed by atoms with Crippen molar-refractivity contribution in [2.24, 2.45) is 0 Å². The second-order valence-electron chi connectivity index (χ2n) is 7.53. The van der Waals surface area contributed by atoms with Crippen molar-refractivity contribution in [2.75, 3.05) is 0 Å². The van der Waals surface area contributed by atoms with Gasteiger partial charge in [-0.1, -0.05) is 35.0 Å². The topological polar surface area (TPSA) is 104 Å². The molecule has 0 saturated heterocycles. The third-order valence-electron chi connectivity index (χ3n) is 4.85. The first kappa shape index (κ1) is 23.1. The van der Waals surface area contributed by atoms with Gasteiger partial charge in [-0.3, -0.25) is 4.79 Å². The lowest BCUT2D eigenvalue weighted by Crippen LogP contribution is -2.10. The average molecular weight is 472 g/mol. The summed E-state index contributed by atoms with van der Waals surface area (Å²) in [5.41, 5.74) is 1.17. The molecule has 4 rings (SSSR count). The van der Waals surface area contributed by atoms with Crippen molar-refractivity contribution in [1.29, 1.82) is 0 Å². The normalized spacial score (nSPS) is 12.5. The van der Waals surface area contributed by atoms with Crippen LogP contribution in [0.5, 0.6) is 0 Å². The first-order chi connectivity index (χ1) is 16.2. The smallest absolute Gasteiger partial charge is 0.416 e. The second kappa shape index (κ2) is 9.46. The SMILES string of the molecule is Cc1ccc(-c2nnc(CCC(=O)OC(C)c3nc(-c4cccc(C(F)(F)F)c4)no3)o2)cc1. The fraction of sp³-hybridized carbons (Fsp3) is 0.261. The van der Waals surface area contributed by atoms with Gasteiger partial charge in [0.1, 0.15) is 0 Å². The van der Waals surface area contributed by atoms with E-state index in [1.165, 1.54) is 19.1 Å². The molecule has 0 N–H and O–H groups in total. The molecule has 0 bridgehead atoms. The fourth-order valence-electron chi connectivity index (χ4n) is 3.04. The lowest BCUT2D eigenvalue weighted by Gasteiger charge is -2.08. The van der Waals surface area contributed by atoms with Gasteiger partial charge in [-0.05, 0) is 38.1 Å². The van der Waals surface area contributed by atoms with Gasteiger partial charge in [0.25, 0.3) is 5.89 Å². The van der Waals surface area contributed by atoms with Gasteiger partial charge in [-0.25, -0.2) is 0 Å². The minimum Gasteiger partial charge on any atom is -0.453 e. The summed E-state index contributed by atoms with van der Waals surface area (Å²) in [7, 11) is 0. The standard InChI is InChI=1S/C23H19F3N4O4/c1-13-6-8-15(9-7-13)22-29-28-18(33-22)10-11-19(31)32-14(2)21-27-20(30-34-21)16-4-3-5-17(12-16)23(24,25)26/h3-9,12,14H,10-11H2,1-2H3. The van der Waals surface area contributed by atoms with E-state index in [-0.39, 0.29) is 36.0 Å². The summed E-state index contributed by atoms with van der Waals surface area (Å²) >= 11 is 0. The minimum atomic E-state index is -4.50. The molecule has 0 amide bonds. The van der Waals surface area contributed by atoms with Crippen LogP contribution in [-0.4, -0.2) is 26.3 Å². The van der Waals surface area contributed by atoms with Crippen LogP contribution in [0.25, 0.3) is 22.8 Å². The van der Waals surface area contributed by atoms with Crippen LogP contribution in [0.3, 0.4) is 0 Å². The highest BCUT2D eigenvalue weighted by atomic mass is 19.4. The molecule has 0 spiro atoms. The van der Waals surface area contributed by atoms with Gasteiger partial charge in [-0.15, -0.1) is 10.2 Å². The van der Waals surface area contributed by atoms with Crippen molar-refractivity contribution in [2.45, 2.75) is 39.0 Å². The number of carbonyl (C=O) groups is 1. The molecule has 2 aromatic heterocycles. The molecule has 1 atom stereocenters. The van der Waals surface area contributed by atoms with E-state index < -0.39 is 23.8 Å². The highest BCUT2D eigenvalue weighted by molar-refractivity contribution is 5.69. The maximum Gasteiger partial charge on any atom is 0.416 e. The zero-order valence-corrected chi connectivity index (χ0v) is 18.2. The number of rotatable bonds is 7. The molecule has 0 aliphatic rings. The third kappa shape index (κ3) is 5.48. The zero-order valence-electron chi connectivity index (χ0n) is 18.2. The van der Waals surface area contributed by atoms with Gasteiger partial charge in [0, 0.05) is 17.5 Å². The number of esters is 1. The molecular weight excluding hydrogens is 453 g/mol. The molecule has 1 unspecified atom stereocenters. The van der Waals surface area contributed by atoms with Crippen molar-refractivity contribution in [3.8, 4) is 22.8 Å². The number of halogens is 3. The van der Waals surface area contributed by atoms with Crippen LogP contribution < -0.4 is 0 Å². The van der Waals surface area contributed by atoms with E-state index in [1.807, 2.05) is 31.2 Å². The summed E-state index contributed by atoms with van der Waals surface area (Å²) in [4.78, 5) is 16.3. The Labute approximate surface area is 191 Å². The molecule has 0 saturated carbocycles. The predicted octanol–water partition coefficient (Wildman–Crippen LogP) is 5.35. The van der Waals surface area contributed by atoms with Crippen molar-refractivity contribution in [3.05, 3.63) is 71.4 Å². The summed E-state index contributed by atoms with van der Waals surface area (Å²) in [5, 5.41) is 11.6. The molecule has 8 nitrogen and oxygen atoms in total. The van der Waals surface area contributed by atoms with E-state index in [0.29, 0.717) is 5.89 Å². The summed E-state index contributed by atoms with van der Waals surface area (Å²) in [6.45, 7) is 3.49. The molecule has 2 heterocycles. The molecule has 0 radical (unpaired) electrons. The van der Waals surface area contributed by atoms with Gasteiger partial charge < -0.3 is 13.7 Å². The lowest BCUT2D eigenvalue weighted by molar-refractivity contribution is -0.149. The number of hydrogen-bond donors (Lipinski definition) is 0. The number of aromatic nitrogens is 4. The quantitative estimate of drug-likeness (QED) is 0.332. The summed E-state index contributed by atoms with van der Waals surface area (Å²) in [6, 6.07) is 12.1. The van der Waals surface area contributed by atoms with Crippen molar-refractivity contribution >= 4 is 5.97 Å². The van der Waals surface area contributed by atoms with E-state index in [9.17, 15) is 18.0 Å². The number of alkyl halides is 3. The molecule has 0 aliphatic carbocycles. The first-order valence-corrected chi connectivity index (χ1v) is 10.3. The summed E-state index contributed by atoms with van der Waals surface area (Å²) in [5.74, 6) is -0.0189. The number of ether oxygens (including phenoxy) is 1. The van der Waals surface area contributed by atoms with E-state index >= 15 is 0 Å². The maximum absolute atomic E-state index is 12.9. The Morgan fingerprint density at radius 2 is 1.85 bits per heavy atom. The van der Waals surface area contributed by atoms with Gasteiger partial charge >= 0.3 is 12.1 Å². The highest BCUT2D eigenvalue weighted by Crippen LogP contribution is 2.32. The van der Waals surface area contributed by atoms with E-state index in [1.54, 1.807) is 0 Å². The largest absolute Gasteiger partial charge is 0.453 e. The Kier molecular flexibility index (Phi) is 6.44. The van der Waals surface area contributed by atoms with Gasteiger partial charge in [0.05, 0.1) is 12.0 Å². The van der Waals surface area contributed by atoms with Crippen LogP contribution in [0.4, 0.5) is 13.2 Å². The van der Waals surface area contributed by atoms with E-state index in [2.05, 4.69) is 20.3 Å². The fourth-order valence-corrected chi connectivity index (χ4v) is 3.04. The van der Waals surface area contributed by atoms with Gasteiger partial charge in [0.15, 0.2) is 6.10 Å². The Bertz CT molecular complexity index is 1280. The molecular formula is C23H19F3N4O4. The summed E-state index contributed by atoms with van der Waals surface area (Å²) in [6.07, 6.45) is -5.26. The molecule has 0 fully saturated rings. The number of carbonyl (C=O) groups excluding carboxylic acids is 1. The highest BCUT2D eigenvalue weighted by Gasteiger charge is 2.31. The predicted molar refractivity (Wildman–Crippen MR) is 112 cm³/mol. The average Bonchev–Trinajstić information content (AvgIpc) is 3.48. The Balaban J connectivity index is 1.33. The van der Waals surface area contributed by atoms with Crippen molar-refractivity contribution in [1.82, 2.24) is 20.3 Å². The Hall–Kier alpha value is -4.02. The number of aryl methyl sites for hydroxylation is 2. The van der Waals surface area contributed by atoms with Crippen LogP contribution >= 0.6 is 0 Å². The first-order valence-electron chi connectivity index (χ1n) is 10.3. The molecule has 11 heteroatoms. The number of benzene rings is 2. The summed E-state index contributed by atoms with van der Waals surface area (Å²) < 4.78 is 54.7. The zero-order chi connectivity index (χ0) is 24.3. The van der Waals surface area contributed by atoms with E-state index in [4.69, 9.17) is 13.7 Å². The Morgan fingerprint density at radius 1 is 1.09 bits per heavy atom. The molecule has 4 aromatic rings. The monoisotopic (exact) mass is 472 g/mol. The number of hydrogen-bond acceptors (Lipinski definition) is 8. The Morgan fingerprint density at radius 3 is 2.59 bits per heavy atom. The van der Waals surface area contributed by atoms with Crippen molar-refractivity contribution < 1.29 is 31.6 Å². The molecule has 176 valence electrons. The minimum absolute atomic E-state index is 0.0332. The van der Waals surface area contributed by atoms with Crippen molar-refractivity contribution in [3.63, 3.8) is 0 Å². The number of nitrogens with zero attached hydrogens (tertiary/aromatic N) is 4. The molecule has 34 heavy (non-hydrogen) atoms. The second-order valence-corrected chi connectivity index (χ2v) is 7.53. The van der Waals surface area contributed by atoms with Gasteiger partial charge in [0.2, 0.25) is 17.6 Å². The van der Waals surface area contributed by atoms with Crippen LogP contribution in [0.15, 0.2) is 57.5 Å². The van der Waals surface area contributed by atoms with Crippen LogP contribution in [0.1, 0.15) is 42.4 Å². The molecule has 0 aliphatic heterocycles. The lowest BCUT2D eigenvalue weighted by atomic mass is 10.1. The third-order valence-corrected chi connectivity index (χ3v) is 4.85. The van der Waals surface area contributed by atoms with Gasteiger partial charge in [-0.2, -0.15) is 18.2 Å². The van der Waals surface area contributed by atoms with Crippen LogP contribution in [-0.2, 0) is 22.1 Å². The van der Waals surface area contributed by atoms with E-state index in [0.717, 1.165) is 23.3 Å². The van der Waals surface area contributed by atoms with Crippen LogP contribution in [0, 0.1) is 6.92 Å². The maximum atomic E-state index is 12.9. The van der Waals surface area contributed by atoms with Crippen LogP contribution in [0.2, 0.25) is 0 Å². The molecule has 2 aromatic carbocycles.